The number of carbonyl (C=O) groups is 1. The molecule has 0 bridgehead atoms. The van der Waals surface area contributed by atoms with Crippen molar-refractivity contribution in [3.8, 4) is 0 Å². The molecule has 31 heavy (non-hydrogen) atoms. The molecule has 3 aromatic heterocycles. The van der Waals surface area contributed by atoms with E-state index in [9.17, 15) is 9.90 Å². The Balaban J connectivity index is 1.40. The third kappa shape index (κ3) is 5.25. The predicted octanol–water partition coefficient (Wildman–Crippen LogP) is 3.23. The first-order valence-corrected chi connectivity index (χ1v) is 10.9. The van der Waals surface area contributed by atoms with Gasteiger partial charge in [-0.1, -0.05) is 13.0 Å². The quantitative estimate of drug-likeness (QED) is 0.547. The monoisotopic (exact) mass is 420 g/mol. The Labute approximate surface area is 181 Å². The molecule has 2 N–H and O–H groups in total. The van der Waals surface area contributed by atoms with Crippen molar-refractivity contribution in [3.05, 3.63) is 64.9 Å². The Hall–Kier alpha value is -3.29. The molecule has 1 aliphatic heterocycles. The molecular weight excluding hydrogens is 392 g/mol. The van der Waals surface area contributed by atoms with E-state index >= 15 is 0 Å². The fourth-order valence-electron chi connectivity index (χ4n) is 3.88. The van der Waals surface area contributed by atoms with Crippen molar-refractivity contribution in [2.75, 3.05) is 11.9 Å². The van der Waals surface area contributed by atoms with Crippen molar-refractivity contribution >= 4 is 11.8 Å². The molecule has 0 radical (unpaired) electrons. The van der Waals surface area contributed by atoms with E-state index in [1.165, 1.54) is 5.56 Å². The van der Waals surface area contributed by atoms with Crippen LogP contribution in [0.15, 0.2) is 36.5 Å². The number of nitrogens with zero attached hydrogens (tertiary/aromatic N) is 5. The van der Waals surface area contributed by atoms with Crippen molar-refractivity contribution in [1.29, 1.82) is 0 Å². The molecule has 0 amide bonds. The zero-order valence-electron chi connectivity index (χ0n) is 17.8. The number of aromatic nitrogens is 5. The van der Waals surface area contributed by atoms with Gasteiger partial charge < -0.3 is 10.4 Å². The number of carboxylic acids is 1. The van der Waals surface area contributed by atoms with Crippen LogP contribution in [-0.2, 0) is 30.5 Å². The average Bonchev–Trinajstić information content (AvgIpc) is 3.26. The molecule has 0 spiro atoms. The first kappa shape index (κ1) is 21.0. The molecule has 4 heterocycles. The Bertz CT molecular complexity index is 1030. The summed E-state index contributed by atoms with van der Waals surface area (Å²) >= 11 is 0. The van der Waals surface area contributed by atoms with Crippen molar-refractivity contribution in [2.45, 2.75) is 57.9 Å². The molecule has 0 saturated heterocycles. The van der Waals surface area contributed by atoms with Crippen LogP contribution < -0.4 is 5.32 Å². The van der Waals surface area contributed by atoms with E-state index in [0.29, 0.717) is 5.69 Å². The third-order valence-corrected chi connectivity index (χ3v) is 5.61. The first-order valence-electron chi connectivity index (χ1n) is 10.9. The highest BCUT2D eigenvalue weighted by molar-refractivity contribution is 5.67. The van der Waals surface area contributed by atoms with Crippen LogP contribution >= 0.6 is 0 Å². The molecule has 8 heteroatoms. The van der Waals surface area contributed by atoms with Crippen LogP contribution in [-0.4, -0.2) is 42.6 Å². The Morgan fingerprint density at radius 1 is 1.13 bits per heavy atom. The van der Waals surface area contributed by atoms with Gasteiger partial charge in [-0.05, 0) is 68.4 Å². The van der Waals surface area contributed by atoms with Gasteiger partial charge in [0.2, 0.25) is 0 Å². The van der Waals surface area contributed by atoms with Gasteiger partial charge in [-0.15, -0.1) is 0 Å². The lowest BCUT2D eigenvalue weighted by atomic mass is 10.1. The molecular formula is C23H28N6O2. The van der Waals surface area contributed by atoms with E-state index in [-0.39, 0.29) is 6.42 Å². The van der Waals surface area contributed by atoms with Crippen LogP contribution in [0.2, 0.25) is 0 Å². The average molecular weight is 421 g/mol. The zero-order chi connectivity index (χ0) is 21.6. The molecule has 1 aliphatic rings. The predicted molar refractivity (Wildman–Crippen MR) is 117 cm³/mol. The highest BCUT2D eigenvalue weighted by atomic mass is 16.4. The minimum absolute atomic E-state index is 0.0900. The van der Waals surface area contributed by atoms with Gasteiger partial charge >= 0.3 is 5.97 Å². The number of carboxylic acid groups (broad SMARTS) is 1. The minimum Gasteiger partial charge on any atom is -0.481 e. The maximum atomic E-state index is 11.4. The second-order valence-corrected chi connectivity index (χ2v) is 7.90. The first-order chi connectivity index (χ1) is 15.1. The van der Waals surface area contributed by atoms with Gasteiger partial charge in [-0.25, -0.2) is 4.98 Å². The second kappa shape index (κ2) is 9.68. The summed E-state index contributed by atoms with van der Waals surface area (Å²) in [4.78, 5) is 16.2. The van der Waals surface area contributed by atoms with Crippen LogP contribution in [0.1, 0.15) is 60.6 Å². The summed E-state index contributed by atoms with van der Waals surface area (Å²) in [5.74, 6) is 0.134. The summed E-state index contributed by atoms with van der Waals surface area (Å²) in [7, 11) is 0. The number of nitrogens with one attached hydrogen (secondary N) is 1. The lowest BCUT2D eigenvalue weighted by Gasteiger charge is -2.17. The van der Waals surface area contributed by atoms with Crippen molar-refractivity contribution in [1.82, 2.24) is 25.0 Å². The largest absolute Gasteiger partial charge is 0.481 e. The van der Waals surface area contributed by atoms with Gasteiger partial charge in [-0.2, -0.15) is 15.3 Å². The molecule has 0 fully saturated rings. The Kier molecular flexibility index (Phi) is 6.54. The summed E-state index contributed by atoms with van der Waals surface area (Å²) in [5.41, 5.74) is 4.81. The van der Waals surface area contributed by atoms with Crippen LogP contribution in [0, 0.1) is 0 Å². The van der Waals surface area contributed by atoms with Crippen molar-refractivity contribution < 1.29 is 9.90 Å². The van der Waals surface area contributed by atoms with Crippen LogP contribution in [0.5, 0.6) is 0 Å². The molecule has 1 unspecified atom stereocenters. The number of anilines is 1. The van der Waals surface area contributed by atoms with E-state index in [1.807, 2.05) is 31.3 Å². The summed E-state index contributed by atoms with van der Waals surface area (Å²) in [5, 5.41) is 25.8. The summed E-state index contributed by atoms with van der Waals surface area (Å²) in [6, 6.07) is 9.51. The lowest BCUT2D eigenvalue weighted by Crippen LogP contribution is -2.18. The van der Waals surface area contributed by atoms with Crippen molar-refractivity contribution in [2.24, 2.45) is 0 Å². The topological polar surface area (TPSA) is 106 Å². The smallest absolute Gasteiger partial charge is 0.305 e. The summed E-state index contributed by atoms with van der Waals surface area (Å²) in [6.07, 6.45) is 7.40. The highest BCUT2D eigenvalue weighted by Gasteiger charge is 2.21. The lowest BCUT2D eigenvalue weighted by molar-refractivity contribution is -0.137. The SMILES string of the molecule is CCc1ccc(C(CC(=O)O)n2ccc(CCCc3ccc4c(n3)NCCC4)n2)nn1. The van der Waals surface area contributed by atoms with Gasteiger partial charge in [0, 0.05) is 18.4 Å². The molecule has 0 aromatic carbocycles. The minimum atomic E-state index is -0.893. The fraction of sp³-hybridized carbons (Fsp3) is 0.435. The summed E-state index contributed by atoms with van der Waals surface area (Å²) < 4.78 is 1.69. The standard InChI is InChI=1S/C23H28N6O2/c1-2-17-10-11-20(27-26-17)21(15-22(30)31)29-14-12-19(28-29)7-3-6-18-9-8-16-5-4-13-24-23(16)25-18/h8-12,14,21H,2-7,13,15H2,1H3,(H,24,25)(H,30,31). The maximum absolute atomic E-state index is 11.4. The van der Waals surface area contributed by atoms with E-state index in [2.05, 4.69) is 32.7 Å². The van der Waals surface area contributed by atoms with Gasteiger partial charge in [0.15, 0.2) is 0 Å². The molecule has 0 aliphatic carbocycles. The van der Waals surface area contributed by atoms with Crippen LogP contribution in [0.25, 0.3) is 0 Å². The van der Waals surface area contributed by atoms with Gasteiger partial charge in [-0.3, -0.25) is 9.48 Å². The van der Waals surface area contributed by atoms with Crippen LogP contribution in [0.4, 0.5) is 5.82 Å². The fourth-order valence-corrected chi connectivity index (χ4v) is 3.88. The van der Waals surface area contributed by atoms with Crippen molar-refractivity contribution in [3.63, 3.8) is 0 Å². The summed E-state index contributed by atoms with van der Waals surface area (Å²) in [6.45, 7) is 3.00. The zero-order valence-corrected chi connectivity index (χ0v) is 17.8. The van der Waals surface area contributed by atoms with E-state index in [0.717, 1.165) is 68.0 Å². The van der Waals surface area contributed by atoms with E-state index in [4.69, 9.17) is 4.98 Å². The molecule has 1 atom stereocenters. The third-order valence-electron chi connectivity index (χ3n) is 5.61. The van der Waals surface area contributed by atoms with Crippen LogP contribution in [0.3, 0.4) is 0 Å². The van der Waals surface area contributed by atoms with Gasteiger partial charge in [0.1, 0.15) is 11.9 Å². The van der Waals surface area contributed by atoms with E-state index in [1.54, 1.807) is 4.68 Å². The second-order valence-electron chi connectivity index (χ2n) is 7.90. The number of rotatable bonds is 9. The normalized spacial score (nSPS) is 14.0. The molecule has 162 valence electrons. The van der Waals surface area contributed by atoms with Gasteiger partial charge in [0.25, 0.3) is 0 Å². The number of hydrogen-bond donors (Lipinski definition) is 2. The molecule has 3 aromatic rings. The molecule has 0 saturated carbocycles. The molecule has 8 nitrogen and oxygen atoms in total. The Morgan fingerprint density at radius 3 is 2.74 bits per heavy atom. The maximum Gasteiger partial charge on any atom is 0.305 e. The highest BCUT2D eigenvalue weighted by Crippen LogP contribution is 2.22. The number of fused-ring (bicyclic) bond motifs is 1. The number of hydrogen-bond acceptors (Lipinski definition) is 6. The molecule has 4 rings (SSSR count). The van der Waals surface area contributed by atoms with Gasteiger partial charge in [0.05, 0.1) is 23.5 Å². The number of aryl methyl sites for hydroxylation is 4. The number of pyridine rings is 1. The number of aliphatic carboxylic acids is 1. The van der Waals surface area contributed by atoms with E-state index < -0.39 is 12.0 Å². The Morgan fingerprint density at radius 2 is 1.97 bits per heavy atom.